The quantitative estimate of drug-likeness (QED) is 0.513. The van der Waals surface area contributed by atoms with Crippen LogP contribution in [0.25, 0.3) is 5.69 Å². The predicted octanol–water partition coefficient (Wildman–Crippen LogP) is 1.92. The molecule has 2 rings (SSSR count). The molecule has 0 aliphatic carbocycles. The lowest BCUT2D eigenvalue weighted by Crippen LogP contribution is -2.24. The van der Waals surface area contributed by atoms with Gasteiger partial charge < -0.3 is 16.0 Å². The van der Waals surface area contributed by atoms with E-state index in [2.05, 4.69) is 4.99 Å². The Kier molecular flexibility index (Phi) is 4.14. The number of nitrogens with two attached hydrogens (primary N) is 2. The molecule has 0 aliphatic rings. The monoisotopic (exact) mass is 288 g/mol. The molecule has 0 spiro atoms. The van der Waals surface area contributed by atoms with Gasteiger partial charge in [0.05, 0.1) is 5.69 Å². The highest BCUT2D eigenvalue weighted by molar-refractivity contribution is 7.98. The van der Waals surface area contributed by atoms with Crippen LogP contribution >= 0.6 is 11.8 Å². The second-order valence-electron chi connectivity index (χ2n) is 4.27. The number of carbonyl (C=O) groups is 1. The lowest BCUT2D eigenvalue weighted by Gasteiger charge is -2.12. The number of aryl methyl sites for hydroxylation is 1. The van der Waals surface area contributed by atoms with E-state index in [1.165, 1.54) is 0 Å². The number of amides is 1. The van der Waals surface area contributed by atoms with E-state index in [0.29, 0.717) is 5.56 Å². The molecule has 0 saturated heterocycles. The highest BCUT2D eigenvalue weighted by atomic mass is 32.2. The Bertz CT molecular complexity index is 658. The number of guanidine groups is 1. The summed E-state index contributed by atoms with van der Waals surface area (Å²) in [7, 11) is 0. The summed E-state index contributed by atoms with van der Waals surface area (Å²) < 4.78 is 2.01. The van der Waals surface area contributed by atoms with Crippen LogP contribution < -0.4 is 11.5 Å². The van der Waals surface area contributed by atoms with Gasteiger partial charge >= 0.3 is 0 Å². The van der Waals surface area contributed by atoms with Crippen LogP contribution in [0, 0.1) is 6.92 Å². The van der Waals surface area contributed by atoms with Crippen LogP contribution in [0.3, 0.4) is 0 Å². The number of benzene rings is 1. The highest BCUT2D eigenvalue weighted by Crippen LogP contribution is 2.28. The van der Waals surface area contributed by atoms with Crippen molar-refractivity contribution in [2.24, 2.45) is 16.5 Å². The highest BCUT2D eigenvalue weighted by Gasteiger charge is 2.13. The molecule has 0 bridgehead atoms. The maximum atomic E-state index is 12.0. The molecule has 0 aliphatic heterocycles. The van der Waals surface area contributed by atoms with Crippen molar-refractivity contribution in [2.75, 3.05) is 6.26 Å². The molecule has 1 aromatic carbocycles. The average molecular weight is 288 g/mol. The summed E-state index contributed by atoms with van der Waals surface area (Å²) in [4.78, 5) is 16.6. The molecule has 2 aromatic rings. The van der Waals surface area contributed by atoms with Gasteiger partial charge in [0.2, 0.25) is 0 Å². The van der Waals surface area contributed by atoms with Crippen molar-refractivity contribution in [3.63, 3.8) is 0 Å². The average Bonchev–Trinajstić information content (AvgIpc) is 2.91. The Balaban J connectivity index is 2.54. The molecular weight excluding hydrogens is 272 g/mol. The lowest BCUT2D eigenvalue weighted by molar-refractivity contribution is 0.100. The fraction of sp³-hybridized carbons (Fsp3) is 0.143. The molecule has 0 saturated carbocycles. The summed E-state index contributed by atoms with van der Waals surface area (Å²) in [5.74, 6) is -0.647. The Morgan fingerprint density at radius 2 is 1.90 bits per heavy atom. The summed E-state index contributed by atoms with van der Waals surface area (Å²) in [5, 5.41) is 0. The molecule has 1 aromatic heterocycles. The number of thioether (sulfide) groups is 1. The molecule has 6 heteroatoms. The molecule has 1 heterocycles. The third kappa shape index (κ3) is 2.85. The maximum Gasteiger partial charge on any atom is 0.280 e. The minimum atomic E-state index is -0.420. The van der Waals surface area contributed by atoms with E-state index in [4.69, 9.17) is 11.5 Å². The summed E-state index contributed by atoms with van der Waals surface area (Å²) in [6, 6.07) is 7.70. The van der Waals surface area contributed by atoms with Crippen LogP contribution in [-0.2, 0) is 0 Å². The van der Waals surface area contributed by atoms with Crippen LogP contribution in [0.15, 0.2) is 46.5 Å². The van der Waals surface area contributed by atoms with E-state index < -0.39 is 5.91 Å². The summed E-state index contributed by atoms with van der Waals surface area (Å²) in [5.41, 5.74) is 12.9. The number of carbonyl (C=O) groups excluding carboxylic acids is 1. The van der Waals surface area contributed by atoms with Crippen molar-refractivity contribution in [3.05, 3.63) is 47.8 Å². The zero-order chi connectivity index (χ0) is 14.7. The second kappa shape index (κ2) is 5.83. The third-order valence-electron chi connectivity index (χ3n) is 2.87. The van der Waals surface area contributed by atoms with Crippen molar-refractivity contribution >= 4 is 23.6 Å². The number of aromatic nitrogens is 1. The van der Waals surface area contributed by atoms with Crippen molar-refractivity contribution in [2.45, 2.75) is 11.8 Å². The fourth-order valence-corrected chi connectivity index (χ4v) is 2.55. The van der Waals surface area contributed by atoms with Gasteiger partial charge in [-0.15, -0.1) is 11.8 Å². The summed E-state index contributed by atoms with van der Waals surface area (Å²) in [6.07, 6.45) is 5.89. The largest absolute Gasteiger partial charge is 0.370 e. The van der Waals surface area contributed by atoms with Crippen LogP contribution in [0.5, 0.6) is 0 Å². The van der Waals surface area contributed by atoms with Gasteiger partial charge in [-0.1, -0.05) is 0 Å². The Hall–Kier alpha value is -2.21. The number of aliphatic imine (C=N–C) groups is 1. The number of hydrogen-bond acceptors (Lipinski definition) is 2. The van der Waals surface area contributed by atoms with Gasteiger partial charge in [0.1, 0.15) is 0 Å². The molecule has 0 atom stereocenters. The smallest absolute Gasteiger partial charge is 0.280 e. The molecule has 0 unspecified atom stereocenters. The van der Waals surface area contributed by atoms with Crippen molar-refractivity contribution in [1.29, 1.82) is 0 Å². The van der Waals surface area contributed by atoms with E-state index in [9.17, 15) is 4.79 Å². The van der Waals surface area contributed by atoms with E-state index in [0.717, 1.165) is 16.1 Å². The van der Waals surface area contributed by atoms with Crippen LogP contribution in [-0.4, -0.2) is 22.7 Å². The van der Waals surface area contributed by atoms with Crippen molar-refractivity contribution in [1.82, 2.24) is 4.57 Å². The first-order valence-electron chi connectivity index (χ1n) is 5.99. The number of hydrogen-bond donors (Lipinski definition) is 2. The molecule has 5 nitrogen and oxygen atoms in total. The van der Waals surface area contributed by atoms with Crippen molar-refractivity contribution < 1.29 is 4.79 Å². The minimum absolute atomic E-state index is 0.227. The topological polar surface area (TPSA) is 86.4 Å². The molecular formula is C14H16N4OS. The first-order valence-corrected chi connectivity index (χ1v) is 7.21. The van der Waals surface area contributed by atoms with Crippen molar-refractivity contribution in [3.8, 4) is 5.69 Å². The predicted molar refractivity (Wildman–Crippen MR) is 82.4 cm³/mol. The van der Waals surface area contributed by atoms with E-state index in [1.54, 1.807) is 11.8 Å². The first kappa shape index (κ1) is 14.2. The summed E-state index contributed by atoms with van der Waals surface area (Å²) in [6.45, 7) is 1.87. The summed E-state index contributed by atoms with van der Waals surface area (Å²) >= 11 is 1.57. The van der Waals surface area contributed by atoms with Gasteiger partial charge in [0, 0.05) is 22.9 Å². The zero-order valence-electron chi connectivity index (χ0n) is 11.3. The first-order chi connectivity index (χ1) is 9.52. The molecule has 0 fully saturated rings. The van der Waals surface area contributed by atoms with Gasteiger partial charge in [-0.3, -0.25) is 4.79 Å². The normalized spacial score (nSPS) is 10.3. The fourth-order valence-electron chi connectivity index (χ4n) is 1.94. The molecule has 20 heavy (non-hydrogen) atoms. The molecule has 0 radical (unpaired) electrons. The zero-order valence-corrected chi connectivity index (χ0v) is 12.1. The molecule has 4 N–H and O–H groups in total. The Morgan fingerprint density at radius 3 is 2.45 bits per heavy atom. The van der Waals surface area contributed by atoms with E-state index in [1.807, 2.05) is 54.4 Å². The number of rotatable bonds is 3. The molecule has 1 amide bonds. The maximum absolute atomic E-state index is 12.0. The Labute approximate surface area is 121 Å². The van der Waals surface area contributed by atoms with Crippen LogP contribution in [0.4, 0.5) is 0 Å². The third-order valence-corrected chi connectivity index (χ3v) is 3.64. The SMILES string of the molecule is CSc1cc(C(=O)N=C(N)N)c(C)cc1-n1cccc1. The van der Waals surface area contributed by atoms with Gasteiger partial charge in [0.25, 0.3) is 5.91 Å². The van der Waals surface area contributed by atoms with Crippen LogP contribution in [0.1, 0.15) is 15.9 Å². The van der Waals surface area contributed by atoms with Crippen LogP contribution in [0.2, 0.25) is 0 Å². The second-order valence-corrected chi connectivity index (χ2v) is 5.12. The molecule has 104 valence electrons. The van der Waals surface area contributed by atoms with E-state index in [-0.39, 0.29) is 5.96 Å². The van der Waals surface area contributed by atoms with E-state index >= 15 is 0 Å². The number of nitrogens with zero attached hydrogens (tertiary/aromatic N) is 2. The minimum Gasteiger partial charge on any atom is -0.370 e. The van der Waals surface area contributed by atoms with Gasteiger partial charge in [-0.2, -0.15) is 4.99 Å². The lowest BCUT2D eigenvalue weighted by atomic mass is 10.1. The Morgan fingerprint density at radius 1 is 1.25 bits per heavy atom. The van der Waals surface area contributed by atoms with Gasteiger partial charge in [-0.25, -0.2) is 0 Å². The standard InChI is InChI=1S/C14H16N4OS/c1-9-7-11(18-5-3-4-6-18)12(20-2)8-10(9)13(19)17-14(15)16/h3-8H,1-2H3,(H4,15,16,17,19). The van der Waals surface area contributed by atoms with Gasteiger partial charge in [0.15, 0.2) is 5.96 Å². The van der Waals surface area contributed by atoms with Gasteiger partial charge in [-0.05, 0) is 43.0 Å².